The first-order valence-electron chi connectivity index (χ1n) is 9.74. The second kappa shape index (κ2) is 9.58. The fraction of sp³-hybridized carbons (Fsp3) is 0.0435. The van der Waals surface area contributed by atoms with Crippen LogP contribution in [0.1, 0.15) is 15.9 Å². The van der Waals surface area contributed by atoms with Crippen molar-refractivity contribution in [1.29, 1.82) is 0 Å². The number of nitrogens with zero attached hydrogens (tertiary/aromatic N) is 3. The topological polar surface area (TPSA) is 86.9 Å². The Morgan fingerprint density at radius 1 is 0.971 bits per heavy atom. The van der Waals surface area contributed by atoms with E-state index in [-0.39, 0.29) is 39.0 Å². The lowest BCUT2D eigenvalue weighted by Crippen LogP contribution is -2.05. The van der Waals surface area contributed by atoms with Gasteiger partial charge in [-0.05, 0) is 42.5 Å². The lowest BCUT2D eigenvalue weighted by atomic mass is 10.1. The molecule has 4 rings (SSSR count). The van der Waals surface area contributed by atoms with Gasteiger partial charge in [-0.1, -0.05) is 12.1 Å². The van der Waals surface area contributed by atoms with Crippen molar-refractivity contribution in [2.45, 2.75) is 6.18 Å². The number of halogens is 5. The summed E-state index contributed by atoms with van der Waals surface area (Å²) in [5, 5.41) is 21.0. The number of carbonyl (C=O) groups is 1. The average Bonchev–Trinajstić information content (AvgIpc) is 3.26. The van der Waals surface area contributed by atoms with E-state index >= 15 is 0 Å². The van der Waals surface area contributed by atoms with Crippen LogP contribution in [0.15, 0.2) is 76.3 Å². The number of anilines is 2. The zero-order chi connectivity index (χ0) is 25.2. The first-order valence-corrected chi connectivity index (χ1v) is 10.6. The average molecular weight is 504 g/mol. The van der Waals surface area contributed by atoms with Crippen LogP contribution in [0.5, 0.6) is 0 Å². The number of nitrogens with one attached hydrogen (secondary N) is 1. The van der Waals surface area contributed by atoms with Gasteiger partial charge in [0, 0.05) is 22.7 Å². The third-order valence-electron chi connectivity index (χ3n) is 4.62. The molecule has 0 fully saturated rings. The van der Waals surface area contributed by atoms with Crippen molar-refractivity contribution >= 4 is 39.5 Å². The molecule has 1 heterocycles. The second-order valence-electron chi connectivity index (χ2n) is 7.08. The van der Waals surface area contributed by atoms with Crippen LogP contribution >= 0.6 is 11.3 Å². The molecule has 0 atom stereocenters. The fourth-order valence-electron chi connectivity index (χ4n) is 2.97. The van der Waals surface area contributed by atoms with Gasteiger partial charge in [0.15, 0.2) is 10.9 Å². The first-order chi connectivity index (χ1) is 16.6. The highest BCUT2D eigenvalue weighted by molar-refractivity contribution is 7.14. The number of carboxylic acids is 1. The van der Waals surface area contributed by atoms with Crippen molar-refractivity contribution in [3.63, 3.8) is 0 Å². The monoisotopic (exact) mass is 504 g/mol. The van der Waals surface area contributed by atoms with Crippen LogP contribution in [0.3, 0.4) is 0 Å². The molecule has 0 amide bonds. The molecule has 0 radical (unpaired) electrons. The van der Waals surface area contributed by atoms with Crippen LogP contribution < -0.4 is 5.32 Å². The molecule has 2 N–H and O–H groups in total. The minimum Gasteiger partial charge on any atom is -0.478 e. The van der Waals surface area contributed by atoms with Gasteiger partial charge in [-0.3, -0.25) is 0 Å². The lowest BCUT2D eigenvalue weighted by Gasteiger charge is -2.09. The maximum Gasteiger partial charge on any atom is 0.416 e. The van der Waals surface area contributed by atoms with Crippen LogP contribution in [-0.4, -0.2) is 16.1 Å². The van der Waals surface area contributed by atoms with Crippen molar-refractivity contribution in [2.24, 2.45) is 10.2 Å². The van der Waals surface area contributed by atoms with Crippen LogP contribution in [0.4, 0.5) is 44.1 Å². The van der Waals surface area contributed by atoms with Gasteiger partial charge in [0.05, 0.1) is 22.5 Å². The van der Waals surface area contributed by atoms with Crippen LogP contribution in [-0.2, 0) is 6.18 Å². The summed E-state index contributed by atoms with van der Waals surface area (Å²) in [6.45, 7) is 0. The third kappa shape index (κ3) is 5.66. The molecular weight excluding hydrogens is 491 g/mol. The van der Waals surface area contributed by atoms with E-state index in [0.29, 0.717) is 6.07 Å². The van der Waals surface area contributed by atoms with Gasteiger partial charge in [-0.15, -0.1) is 16.5 Å². The number of hydrogen-bond donors (Lipinski definition) is 2. The molecule has 1 aromatic heterocycles. The molecule has 0 saturated carbocycles. The maximum absolute atomic E-state index is 14.5. The SMILES string of the molecule is O=C(O)c1cccc(/N=N\c2cc(-c3csc(Nc4cccc(C(F)(F)F)c4)n3)c(F)cc2F)c1. The molecule has 0 spiro atoms. The van der Waals surface area contributed by atoms with Gasteiger partial charge in [0.1, 0.15) is 11.5 Å². The Bertz CT molecular complexity index is 1440. The zero-order valence-electron chi connectivity index (χ0n) is 17.3. The Labute approximate surface area is 198 Å². The number of carboxylic acid groups (broad SMARTS) is 1. The summed E-state index contributed by atoms with van der Waals surface area (Å²) in [6.07, 6.45) is -4.51. The number of thiazole rings is 1. The summed E-state index contributed by atoms with van der Waals surface area (Å²) in [7, 11) is 0. The zero-order valence-corrected chi connectivity index (χ0v) is 18.2. The number of hydrogen-bond acceptors (Lipinski definition) is 6. The highest BCUT2D eigenvalue weighted by Crippen LogP contribution is 2.35. The van der Waals surface area contributed by atoms with E-state index < -0.39 is 29.3 Å². The van der Waals surface area contributed by atoms with E-state index in [2.05, 4.69) is 20.5 Å². The molecule has 0 aliphatic rings. The number of rotatable bonds is 6. The third-order valence-corrected chi connectivity index (χ3v) is 5.38. The molecule has 178 valence electrons. The molecule has 0 unspecified atom stereocenters. The van der Waals surface area contributed by atoms with E-state index in [1.54, 1.807) is 0 Å². The van der Waals surface area contributed by atoms with E-state index in [4.69, 9.17) is 5.11 Å². The second-order valence-corrected chi connectivity index (χ2v) is 7.94. The minimum absolute atomic E-state index is 0.0370. The molecule has 12 heteroatoms. The van der Waals surface area contributed by atoms with Crippen molar-refractivity contribution < 1.29 is 31.9 Å². The summed E-state index contributed by atoms with van der Waals surface area (Å²) in [5.74, 6) is -3.09. The standard InChI is InChI=1S/C23H13F5N4O2S/c24-17-10-18(25)19(32-31-15-6-1-3-12(7-15)21(33)34)9-16(17)20-11-35-22(30-20)29-14-5-2-4-13(8-14)23(26,27)28/h1-11H,(H,29,30)(H,33,34)/b32-31-. The van der Waals surface area contributed by atoms with Gasteiger partial charge in [0.2, 0.25) is 0 Å². The largest absolute Gasteiger partial charge is 0.478 e. The summed E-state index contributed by atoms with van der Waals surface area (Å²) in [4.78, 5) is 15.2. The number of aromatic nitrogens is 1. The predicted molar refractivity (Wildman–Crippen MR) is 120 cm³/mol. The Kier molecular flexibility index (Phi) is 6.56. The number of benzene rings is 3. The number of azo groups is 1. The van der Waals surface area contributed by atoms with Gasteiger partial charge < -0.3 is 10.4 Å². The summed E-state index contributed by atoms with van der Waals surface area (Å²) < 4.78 is 67.5. The Morgan fingerprint density at radius 3 is 2.49 bits per heavy atom. The summed E-state index contributed by atoms with van der Waals surface area (Å²) in [6, 6.07) is 11.7. The minimum atomic E-state index is -4.51. The van der Waals surface area contributed by atoms with Crippen molar-refractivity contribution in [3.8, 4) is 11.3 Å². The van der Waals surface area contributed by atoms with Gasteiger partial charge in [-0.2, -0.15) is 18.3 Å². The van der Waals surface area contributed by atoms with Crippen LogP contribution in [0.25, 0.3) is 11.3 Å². The van der Waals surface area contributed by atoms with Gasteiger partial charge in [-0.25, -0.2) is 18.6 Å². The van der Waals surface area contributed by atoms with E-state index in [9.17, 15) is 26.7 Å². The Balaban J connectivity index is 1.59. The quantitative estimate of drug-likeness (QED) is 0.206. The van der Waals surface area contributed by atoms with Gasteiger partial charge in [0.25, 0.3) is 0 Å². The number of alkyl halides is 3. The molecule has 0 saturated heterocycles. The van der Waals surface area contributed by atoms with E-state index in [0.717, 1.165) is 29.5 Å². The normalized spacial score (nSPS) is 11.7. The van der Waals surface area contributed by atoms with Crippen LogP contribution in [0.2, 0.25) is 0 Å². The molecule has 35 heavy (non-hydrogen) atoms. The van der Waals surface area contributed by atoms with Crippen LogP contribution in [0, 0.1) is 11.6 Å². The van der Waals surface area contributed by atoms with Crippen molar-refractivity contribution in [1.82, 2.24) is 4.98 Å². The summed E-state index contributed by atoms with van der Waals surface area (Å²) >= 11 is 1.01. The van der Waals surface area contributed by atoms with Gasteiger partial charge >= 0.3 is 12.1 Å². The van der Waals surface area contributed by atoms with Crippen molar-refractivity contribution in [3.05, 3.63) is 88.8 Å². The molecule has 0 aliphatic heterocycles. The molecule has 4 aromatic rings. The van der Waals surface area contributed by atoms with E-state index in [1.165, 1.54) is 41.8 Å². The molecule has 0 bridgehead atoms. The first kappa shape index (κ1) is 24.0. The van der Waals surface area contributed by atoms with E-state index in [1.807, 2.05) is 0 Å². The highest BCUT2D eigenvalue weighted by Gasteiger charge is 2.30. The molecule has 0 aliphatic carbocycles. The Morgan fingerprint density at radius 2 is 1.74 bits per heavy atom. The number of aromatic carboxylic acids is 1. The smallest absolute Gasteiger partial charge is 0.416 e. The predicted octanol–water partition coefficient (Wildman–Crippen LogP) is 7.96. The fourth-order valence-corrected chi connectivity index (χ4v) is 3.71. The lowest BCUT2D eigenvalue weighted by molar-refractivity contribution is -0.137. The highest BCUT2D eigenvalue weighted by atomic mass is 32.1. The molecule has 6 nitrogen and oxygen atoms in total. The Hall–Kier alpha value is -4.19. The maximum atomic E-state index is 14.5. The summed E-state index contributed by atoms with van der Waals surface area (Å²) in [5.41, 5.74) is -0.908. The van der Waals surface area contributed by atoms with Crippen molar-refractivity contribution in [2.75, 3.05) is 5.32 Å². The molecular formula is C23H13F5N4O2S. The molecule has 3 aromatic carbocycles.